The van der Waals surface area contributed by atoms with Crippen molar-refractivity contribution in [2.45, 2.75) is 20.0 Å². The fraction of sp³-hybridized carbons (Fsp3) is 0.455. The second-order valence-electron chi connectivity index (χ2n) is 3.97. The van der Waals surface area contributed by atoms with Crippen LogP contribution in [0, 0.1) is 6.92 Å². The summed E-state index contributed by atoms with van der Waals surface area (Å²) in [5.74, 6) is 0. The summed E-state index contributed by atoms with van der Waals surface area (Å²) < 4.78 is 3.81. The molecule has 5 heteroatoms. The highest BCUT2D eigenvalue weighted by atomic mass is 15.3. The Morgan fingerprint density at radius 2 is 2.12 bits per heavy atom. The normalized spacial score (nSPS) is 10.9. The van der Waals surface area contributed by atoms with Gasteiger partial charge < -0.3 is 5.32 Å². The molecule has 0 aliphatic rings. The standard InChI is InChI=1S/C11H17N5/c1-9-11(5-12-2)6-14-16(9)8-10-4-13-15(3)7-10/h4,6-7,12H,5,8H2,1-3H3. The van der Waals surface area contributed by atoms with Gasteiger partial charge in [0.1, 0.15) is 0 Å². The van der Waals surface area contributed by atoms with Gasteiger partial charge in [-0.15, -0.1) is 0 Å². The Labute approximate surface area is 95.1 Å². The van der Waals surface area contributed by atoms with Crippen LogP contribution in [0.4, 0.5) is 0 Å². The van der Waals surface area contributed by atoms with E-state index in [9.17, 15) is 0 Å². The Hall–Kier alpha value is -1.62. The number of nitrogens with zero attached hydrogens (tertiary/aromatic N) is 4. The molecule has 2 aromatic rings. The van der Waals surface area contributed by atoms with E-state index in [1.165, 1.54) is 16.8 Å². The molecule has 0 amide bonds. The maximum atomic E-state index is 4.38. The summed E-state index contributed by atoms with van der Waals surface area (Å²) in [4.78, 5) is 0. The van der Waals surface area contributed by atoms with Crippen molar-refractivity contribution in [3.05, 3.63) is 35.4 Å². The van der Waals surface area contributed by atoms with Gasteiger partial charge in [0, 0.05) is 36.6 Å². The van der Waals surface area contributed by atoms with E-state index >= 15 is 0 Å². The molecule has 0 saturated heterocycles. The second kappa shape index (κ2) is 4.49. The Balaban J connectivity index is 2.15. The minimum absolute atomic E-state index is 0.781. The lowest BCUT2D eigenvalue weighted by atomic mass is 10.2. The van der Waals surface area contributed by atoms with Crippen LogP contribution < -0.4 is 5.32 Å². The van der Waals surface area contributed by atoms with Crippen LogP contribution in [0.15, 0.2) is 18.6 Å². The summed E-state index contributed by atoms with van der Waals surface area (Å²) >= 11 is 0. The lowest BCUT2D eigenvalue weighted by Crippen LogP contribution is -2.07. The molecule has 1 N–H and O–H groups in total. The van der Waals surface area contributed by atoms with E-state index < -0.39 is 0 Å². The third-order valence-corrected chi connectivity index (χ3v) is 2.66. The van der Waals surface area contributed by atoms with Gasteiger partial charge in [0.05, 0.1) is 18.9 Å². The molecule has 2 aromatic heterocycles. The molecule has 2 rings (SSSR count). The Morgan fingerprint density at radius 1 is 1.31 bits per heavy atom. The Kier molecular flexibility index (Phi) is 3.05. The Morgan fingerprint density at radius 3 is 2.75 bits per heavy atom. The average Bonchev–Trinajstić information content (AvgIpc) is 2.80. The van der Waals surface area contributed by atoms with Crippen molar-refractivity contribution < 1.29 is 0 Å². The van der Waals surface area contributed by atoms with Crippen molar-refractivity contribution in [1.29, 1.82) is 0 Å². The van der Waals surface area contributed by atoms with Gasteiger partial charge in [-0.1, -0.05) is 0 Å². The van der Waals surface area contributed by atoms with Crippen LogP contribution in [0.1, 0.15) is 16.8 Å². The number of nitrogens with one attached hydrogen (secondary N) is 1. The molecule has 0 saturated carbocycles. The summed E-state index contributed by atoms with van der Waals surface area (Å²) in [6, 6.07) is 0. The van der Waals surface area contributed by atoms with Gasteiger partial charge >= 0.3 is 0 Å². The molecule has 0 radical (unpaired) electrons. The van der Waals surface area contributed by atoms with Crippen molar-refractivity contribution in [2.24, 2.45) is 7.05 Å². The summed E-state index contributed by atoms with van der Waals surface area (Å²) in [5, 5.41) is 11.7. The molecule has 0 spiro atoms. The quantitative estimate of drug-likeness (QED) is 0.823. The number of hydrogen-bond donors (Lipinski definition) is 1. The number of hydrogen-bond acceptors (Lipinski definition) is 3. The third kappa shape index (κ3) is 2.14. The molecule has 5 nitrogen and oxygen atoms in total. The van der Waals surface area contributed by atoms with Crippen LogP contribution >= 0.6 is 0 Å². The first kappa shape index (κ1) is 10.9. The van der Waals surface area contributed by atoms with Crippen molar-refractivity contribution in [3.63, 3.8) is 0 Å². The van der Waals surface area contributed by atoms with Gasteiger partial charge in [0.25, 0.3) is 0 Å². The fourth-order valence-electron chi connectivity index (χ4n) is 1.74. The van der Waals surface area contributed by atoms with Crippen molar-refractivity contribution in [1.82, 2.24) is 24.9 Å². The Bertz CT molecular complexity index is 468. The van der Waals surface area contributed by atoms with Crippen LogP contribution in [0.25, 0.3) is 0 Å². The minimum atomic E-state index is 0.781. The highest BCUT2D eigenvalue weighted by Gasteiger charge is 2.06. The lowest BCUT2D eigenvalue weighted by molar-refractivity contribution is 0.661. The number of aromatic nitrogens is 4. The maximum absolute atomic E-state index is 4.38. The fourth-order valence-corrected chi connectivity index (χ4v) is 1.74. The zero-order valence-corrected chi connectivity index (χ0v) is 9.94. The van der Waals surface area contributed by atoms with E-state index in [-0.39, 0.29) is 0 Å². The highest BCUT2D eigenvalue weighted by molar-refractivity contribution is 5.17. The van der Waals surface area contributed by atoms with Gasteiger partial charge in [-0.05, 0) is 14.0 Å². The monoisotopic (exact) mass is 219 g/mol. The molecule has 86 valence electrons. The van der Waals surface area contributed by atoms with Crippen LogP contribution in [0.2, 0.25) is 0 Å². The van der Waals surface area contributed by atoms with Gasteiger partial charge in [0.15, 0.2) is 0 Å². The van der Waals surface area contributed by atoms with E-state index in [0.717, 1.165) is 13.1 Å². The topological polar surface area (TPSA) is 47.7 Å². The summed E-state index contributed by atoms with van der Waals surface area (Å²) in [6.45, 7) is 3.73. The van der Waals surface area contributed by atoms with E-state index in [0.29, 0.717) is 0 Å². The van der Waals surface area contributed by atoms with Crippen LogP contribution in [0.3, 0.4) is 0 Å². The van der Waals surface area contributed by atoms with Gasteiger partial charge in [-0.3, -0.25) is 9.36 Å². The largest absolute Gasteiger partial charge is 0.316 e. The predicted molar refractivity (Wildman–Crippen MR) is 62.0 cm³/mol. The second-order valence-corrected chi connectivity index (χ2v) is 3.97. The molecule has 16 heavy (non-hydrogen) atoms. The van der Waals surface area contributed by atoms with Crippen molar-refractivity contribution in [2.75, 3.05) is 7.05 Å². The minimum Gasteiger partial charge on any atom is -0.316 e. The lowest BCUT2D eigenvalue weighted by Gasteiger charge is -2.03. The van der Waals surface area contributed by atoms with Gasteiger partial charge in [-0.25, -0.2) is 0 Å². The first-order valence-corrected chi connectivity index (χ1v) is 5.34. The first-order chi connectivity index (χ1) is 7.70. The molecular weight excluding hydrogens is 202 g/mol. The summed E-state index contributed by atoms with van der Waals surface area (Å²) in [7, 11) is 3.86. The van der Waals surface area contributed by atoms with Crippen LogP contribution in [0.5, 0.6) is 0 Å². The number of aryl methyl sites for hydroxylation is 1. The zero-order valence-electron chi connectivity index (χ0n) is 9.94. The molecule has 0 atom stereocenters. The van der Waals surface area contributed by atoms with Crippen molar-refractivity contribution in [3.8, 4) is 0 Å². The van der Waals surface area contributed by atoms with Gasteiger partial charge in [0.2, 0.25) is 0 Å². The third-order valence-electron chi connectivity index (χ3n) is 2.66. The SMILES string of the molecule is CNCc1cnn(Cc2cnn(C)c2)c1C. The molecular formula is C11H17N5. The van der Waals surface area contributed by atoms with E-state index in [4.69, 9.17) is 0 Å². The molecule has 0 aromatic carbocycles. The number of rotatable bonds is 4. The molecule has 0 aliphatic heterocycles. The van der Waals surface area contributed by atoms with E-state index in [1.807, 2.05) is 42.0 Å². The predicted octanol–water partition coefficient (Wildman–Crippen LogP) is 0.693. The highest BCUT2D eigenvalue weighted by Crippen LogP contribution is 2.09. The van der Waals surface area contributed by atoms with Crippen LogP contribution in [-0.4, -0.2) is 26.6 Å². The average molecular weight is 219 g/mol. The molecule has 0 aliphatic carbocycles. The van der Waals surface area contributed by atoms with E-state index in [2.05, 4.69) is 22.4 Å². The molecule has 0 bridgehead atoms. The van der Waals surface area contributed by atoms with Crippen molar-refractivity contribution >= 4 is 0 Å². The van der Waals surface area contributed by atoms with Crippen LogP contribution in [-0.2, 0) is 20.1 Å². The summed E-state index contributed by atoms with van der Waals surface area (Å²) in [6.07, 6.45) is 5.81. The zero-order chi connectivity index (χ0) is 11.5. The molecule has 0 fully saturated rings. The molecule has 0 unspecified atom stereocenters. The van der Waals surface area contributed by atoms with Gasteiger partial charge in [-0.2, -0.15) is 10.2 Å². The van der Waals surface area contributed by atoms with E-state index in [1.54, 1.807) is 0 Å². The smallest absolute Gasteiger partial charge is 0.0693 e. The first-order valence-electron chi connectivity index (χ1n) is 5.34. The summed E-state index contributed by atoms with van der Waals surface area (Å²) in [5.41, 5.74) is 3.62. The molecule has 2 heterocycles. The maximum Gasteiger partial charge on any atom is 0.0693 e.